The third-order valence-electron chi connectivity index (χ3n) is 6.86. The van der Waals surface area contributed by atoms with Crippen molar-refractivity contribution in [3.05, 3.63) is 70.2 Å². The van der Waals surface area contributed by atoms with E-state index in [1.54, 1.807) is 19.2 Å². The largest absolute Gasteiger partial charge is 0.371 e. The molecule has 0 saturated carbocycles. The summed E-state index contributed by atoms with van der Waals surface area (Å²) >= 11 is 0. The third-order valence-corrected chi connectivity index (χ3v) is 6.86. The Morgan fingerprint density at radius 2 is 2.14 bits per heavy atom. The first-order valence-electron chi connectivity index (χ1n) is 11.4. The van der Waals surface area contributed by atoms with E-state index in [2.05, 4.69) is 30.3 Å². The van der Waals surface area contributed by atoms with Gasteiger partial charge in [-0.2, -0.15) is 4.68 Å². The van der Waals surface area contributed by atoms with Crippen molar-refractivity contribution in [2.75, 3.05) is 32.8 Å². The normalized spacial score (nSPS) is 20.3. The van der Waals surface area contributed by atoms with Crippen LogP contribution < -0.4 is 0 Å². The zero-order valence-corrected chi connectivity index (χ0v) is 19.6. The maximum atomic E-state index is 13.9. The highest BCUT2D eigenvalue weighted by atomic mass is 19.1. The highest BCUT2D eigenvalue weighted by Gasteiger charge is 2.36. The SMILES string of the molecule is [C-]#[N+]c1c(F)ccc([C@H]2CN3CCN(C(=O)Cc4cnc(-n5cnnn5)cc4C)C[C@@H]3CO2)c1C. The fourth-order valence-corrected chi connectivity index (χ4v) is 4.79. The average Bonchev–Trinajstić information content (AvgIpc) is 3.40. The lowest BCUT2D eigenvalue weighted by Crippen LogP contribution is -2.59. The molecule has 2 atom stereocenters. The van der Waals surface area contributed by atoms with Gasteiger partial charge in [-0.15, -0.1) is 5.10 Å². The predicted molar refractivity (Wildman–Crippen MR) is 123 cm³/mol. The van der Waals surface area contributed by atoms with E-state index < -0.39 is 5.82 Å². The summed E-state index contributed by atoms with van der Waals surface area (Å²) in [6.07, 6.45) is 3.24. The van der Waals surface area contributed by atoms with Gasteiger partial charge in [0.25, 0.3) is 0 Å². The lowest BCUT2D eigenvalue weighted by atomic mass is 9.98. The maximum absolute atomic E-state index is 13.9. The van der Waals surface area contributed by atoms with Crippen LogP contribution in [0.5, 0.6) is 0 Å². The Morgan fingerprint density at radius 1 is 1.29 bits per heavy atom. The summed E-state index contributed by atoms with van der Waals surface area (Å²) in [6, 6.07) is 5.02. The minimum absolute atomic E-state index is 0.0550. The summed E-state index contributed by atoms with van der Waals surface area (Å²) in [5, 5.41) is 11.1. The maximum Gasteiger partial charge on any atom is 0.227 e. The lowest BCUT2D eigenvalue weighted by Gasteiger charge is -2.46. The van der Waals surface area contributed by atoms with Crippen molar-refractivity contribution in [3.8, 4) is 5.82 Å². The number of tetrazole rings is 1. The molecule has 2 aliphatic rings. The first-order chi connectivity index (χ1) is 16.9. The molecule has 2 fully saturated rings. The van der Waals surface area contributed by atoms with Crippen molar-refractivity contribution in [1.82, 2.24) is 35.0 Å². The quantitative estimate of drug-likeness (QED) is 0.533. The number of aryl methyl sites for hydroxylation is 1. The molecule has 0 unspecified atom stereocenters. The van der Waals surface area contributed by atoms with Gasteiger partial charge in [0.1, 0.15) is 12.1 Å². The van der Waals surface area contributed by atoms with Gasteiger partial charge in [-0.3, -0.25) is 9.69 Å². The summed E-state index contributed by atoms with van der Waals surface area (Å²) in [6.45, 7) is 14.1. The number of aromatic nitrogens is 5. The molecule has 5 rings (SSSR count). The Hall–Kier alpha value is -3.75. The van der Waals surface area contributed by atoms with Crippen molar-refractivity contribution in [2.45, 2.75) is 32.4 Å². The van der Waals surface area contributed by atoms with Gasteiger partial charge < -0.3 is 9.64 Å². The van der Waals surface area contributed by atoms with Gasteiger partial charge in [0.05, 0.1) is 31.7 Å². The fourth-order valence-electron chi connectivity index (χ4n) is 4.79. The second kappa shape index (κ2) is 9.48. The summed E-state index contributed by atoms with van der Waals surface area (Å²) in [5.74, 6) is 0.159. The van der Waals surface area contributed by atoms with Crippen molar-refractivity contribution in [3.63, 3.8) is 0 Å². The molecule has 0 aliphatic carbocycles. The number of benzene rings is 1. The van der Waals surface area contributed by atoms with Crippen molar-refractivity contribution >= 4 is 11.6 Å². The van der Waals surface area contributed by atoms with Gasteiger partial charge in [-0.05, 0) is 58.7 Å². The zero-order valence-electron chi connectivity index (χ0n) is 19.6. The summed E-state index contributed by atoms with van der Waals surface area (Å²) in [4.78, 5) is 25.0. The number of fused-ring (bicyclic) bond motifs is 1. The van der Waals surface area contributed by atoms with Crippen molar-refractivity contribution in [2.24, 2.45) is 0 Å². The molecular weight excluding hydrogens is 451 g/mol. The predicted octanol–water partition coefficient (Wildman–Crippen LogP) is 2.19. The number of amides is 1. The van der Waals surface area contributed by atoms with Gasteiger partial charge in [-0.1, -0.05) is 6.07 Å². The third kappa shape index (κ3) is 4.50. The van der Waals surface area contributed by atoms with E-state index in [4.69, 9.17) is 11.3 Å². The second-order valence-electron chi connectivity index (χ2n) is 8.93. The van der Waals surface area contributed by atoms with Crippen LogP contribution in [0.2, 0.25) is 0 Å². The molecule has 0 bridgehead atoms. The Balaban J connectivity index is 1.21. The molecule has 0 N–H and O–H groups in total. The highest BCUT2D eigenvalue weighted by Crippen LogP contribution is 2.34. The van der Waals surface area contributed by atoms with E-state index >= 15 is 0 Å². The van der Waals surface area contributed by atoms with Gasteiger partial charge in [-0.25, -0.2) is 14.2 Å². The summed E-state index contributed by atoms with van der Waals surface area (Å²) < 4.78 is 21.5. The molecule has 2 aliphatic heterocycles. The molecule has 2 aromatic heterocycles. The molecule has 3 aromatic rings. The lowest BCUT2D eigenvalue weighted by molar-refractivity contribution is -0.139. The number of hydrogen-bond acceptors (Lipinski definition) is 7. The number of carbonyl (C=O) groups is 1. The smallest absolute Gasteiger partial charge is 0.227 e. The summed E-state index contributed by atoms with van der Waals surface area (Å²) in [7, 11) is 0. The fraction of sp³-hybridized carbons (Fsp3) is 0.417. The van der Waals surface area contributed by atoms with E-state index in [0.29, 0.717) is 37.6 Å². The van der Waals surface area contributed by atoms with Crippen LogP contribution in [0.25, 0.3) is 10.7 Å². The van der Waals surface area contributed by atoms with Crippen LogP contribution in [0.15, 0.2) is 30.7 Å². The minimum atomic E-state index is -0.502. The van der Waals surface area contributed by atoms with E-state index in [0.717, 1.165) is 23.2 Å². The first-order valence-corrected chi connectivity index (χ1v) is 11.4. The number of ether oxygens (including phenoxy) is 1. The van der Waals surface area contributed by atoms with E-state index in [9.17, 15) is 9.18 Å². The monoisotopic (exact) mass is 476 g/mol. The van der Waals surface area contributed by atoms with Crippen LogP contribution in [0.3, 0.4) is 0 Å². The van der Waals surface area contributed by atoms with Crippen LogP contribution in [0, 0.1) is 26.2 Å². The van der Waals surface area contributed by atoms with E-state index in [-0.39, 0.29) is 30.2 Å². The minimum Gasteiger partial charge on any atom is -0.371 e. The molecule has 1 aromatic carbocycles. The molecule has 2 saturated heterocycles. The topological polar surface area (TPSA) is 93.6 Å². The number of rotatable bonds is 4. The number of piperazine rings is 1. The Bertz CT molecular complexity index is 1290. The number of halogens is 1. The molecule has 10 nitrogen and oxygen atoms in total. The zero-order chi connectivity index (χ0) is 24.5. The van der Waals surface area contributed by atoms with E-state index in [1.165, 1.54) is 17.1 Å². The van der Waals surface area contributed by atoms with Crippen LogP contribution >= 0.6 is 0 Å². The van der Waals surface area contributed by atoms with Crippen molar-refractivity contribution in [1.29, 1.82) is 0 Å². The Kier molecular flexibility index (Phi) is 6.23. The van der Waals surface area contributed by atoms with Gasteiger partial charge in [0.2, 0.25) is 11.6 Å². The standard InChI is InChI=1S/C24H25FN8O2/c1-15-8-22(33-14-28-29-30-33)27-10-17(15)9-23(34)32-7-6-31-12-21(35-13-18(31)11-32)19-4-5-20(25)24(26-3)16(19)2/h4-5,8,10,14,18,21H,6-7,9,11-13H2,1-2H3/t18-,21-/m1/s1. The molecule has 4 heterocycles. The van der Waals surface area contributed by atoms with Gasteiger partial charge >= 0.3 is 0 Å². The second-order valence-corrected chi connectivity index (χ2v) is 8.93. The number of pyridine rings is 1. The van der Waals surface area contributed by atoms with Gasteiger partial charge in [0, 0.05) is 32.4 Å². The van der Waals surface area contributed by atoms with E-state index in [1.807, 2.05) is 17.9 Å². The molecule has 1 amide bonds. The Morgan fingerprint density at radius 3 is 2.89 bits per heavy atom. The molecule has 180 valence electrons. The highest BCUT2D eigenvalue weighted by molar-refractivity contribution is 5.79. The van der Waals surface area contributed by atoms with Crippen LogP contribution in [-0.2, 0) is 16.0 Å². The molecule has 35 heavy (non-hydrogen) atoms. The first kappa shape index (κ1) is 23.0. The number of hydrogen-bond donors (Lipinski definition) is 0. The van der Waals surface area contributed by atoms with Crippen molar-refractivity contribution < 1.29 is 13.9 Å². The molecule has 0 spiro atoms. The summed E-state index contributed by atoms with van der Waals surface area (Å²) in [5.41, 5.74) is 3.36. The number of morpholine rings is 1. The molecule has 11 heteroatoms. The molecule has 0 radical (unpaired) electrons. The number of carbonyl (C=O) groups excluding carboxylic acids is 1. The average molecular weight is 477 g/mol. The van der Waals surface area contributed by atoms with Crippen LogP contribution in [0.1, 0.15) is 28.4 Å². The Labute approximate surface area is 202 Å². The van der Waals surface area contributed by atoms with Crippen LogP contribution in [0.4, 0.5) is 10.1 Å². The molecular formula is C24H25FN8O2. The van der Waals surface area contributed by atoms with Crippen LogP contribution in [-0.4, -0.2) is 79.7 Å². The van der Waals surface area contributed by atoms with Gasteiger partial charge in [0.15, 0.2) is 5.82 Å². The number of nitrogens with zero attached hydrogens (tertiary/aromatic N) is 8.